The molecule has 0 saturated carbocycles. The smallest absolute Gasteiger partial charge is 0.271 e. The van der Waals surface area contributed by atoms with Gasteiger partial charge in [0.15, 0.2) is 0 Å². The van der Waals surface area contributed by atoms with E-state index >= 15 is 0 Å². The largest absolute Gasteiger partial charge is 0.491 e. The fraction of sp³-hybridized carbons (Fsp3) is 0.429. The minimum atomic E-state index is -2.78. The summed E-state index contributed by atoms with van der Waals surface area (Å²) in [7, 11) is 0. The van der Waals surface area contributed by atoms with E-state index in [1.165, 1.54) is 13.0 Å². The summed E-state index contributed by atoms with van der Waals surface area (Å²) < 4.78 is 39.1. The second-order valence-electron chi connectivity index (χ2n) is 7.55. The molecule has 3 N–H and O–H groups in total. The Hall–Kier alpha value is -2.74. The molecule has 1 aliphatic rings. The van der Waals surface area contributed by atoms with Gasteiger partial charge in [0.25, 0.3) is 6.43 Å². The van der Waals surface area contributed by atoms with Gasteiger partial charge in [-0.2, -0.15) is 0 Å². The third-order valence-electron chi connectivity index (χ3n) is 4.55. The zero-order chi connectivity index (χ0) is 21.1. The van der Waals surface area contributed by atoms with Crippen molar-refractivity contribution < 1.29 is 23.0 Å². The number of nitrogens with two attached hydrogens (primary N) is 1. The van der Waals surface area contributed by atoms with Crippen LogP contribution in [0.3, 0.4) is 0 Å². The van der Waals surface area contributed by atoms with Crippen LogP contribution >= 0.6 is 0 Å². The van der Waals surface area contributed by atoms with Gasteiger partial charge in [-0.3, -0.25) is 4.79 Å². The van der Waals surface area contributed by atoms with E-state index in [4.69, 9.17) is 15.2 Å². The molecular formula is C21H25F2N3O3. The first kappa shape index (κ1) is 21.0. The monoisotopic (exact) mass is 405 g/mol. The van der Waals surface area contributed by atoms with Gasteiger partial charge in [-0.1, -0.05) is 13.8 Å². The van der Waals surface area contributed by atoms with Crippen LogP contribution < -0.4 is 20.5 Å². The molecule has 0 radical (unpaired) electrons. The standard InChI is InChI=1S/C21H25F2N3O3/c1-11(2)6-14(24)10-28-17-5-4-15-16-7-18(26-12(3)27)25-8-13(16)9-29-20(15)19(17)21(22)23/h4-5,7-8,11,14,21H,6,9-10,24H2,1-3H3,(H,25,26,27). The highest BCUT2D eigenvalue weighted by Gasteiger charge is 2.28. The van der Waals surface area contributed by atoms with Gasteiger partial charge in [-0.05, 0) is 36.1 Å². The predicted octanol–water partition coefficient (Wildman–Crippen LogP) is 4.29. The van der Waals surface area contributed by atoms with Crippen LogP contribution in [0.5, 0.6) is 11.5 Å². The molecule has 2 heterocycles. The molecule has 0 spiro atoms. The predicted molar refractivity (Wildman–Crippen MR) is 106 cm³/mol. The van der Waals surface area contributed by atoms with Gasteiger partial charge in [0.1, 0.15) is 36.1 Å². The molecule has 0 aliphatic carbocycles. The molecule has 0 saturated heterocycles. The van der Waals surface area contributed by atoms with Crippen LogP contribution in [0.1, 0.15) is 44.7 Å². The Morgan fingerprint density at radius 1 is 1.34 bits per heavy atom. The number of pyridine rings is 1. The number of carbonyl (C=O) groups is 1. The average molecular weight is 405 g/mol. The molecule has 3 rings (SSSR count). The number of hydrogen-bond acceptors (Lipinski definition) is 5. The van der Waals surface area contributed by atoms with Crippen molar-refractivity contribution in [3.05, 3.63) is 35.5 Å². The lowest BCUT2D eigenvalue weighted by molar-refractivity contribution is -0.114. The zero-order valence-electron chi connectivity index (χ0n) is 16.7. The second kappa shape index (κ2) is 8.73. The number of benzene rings is 1. The van der Waals surface area contributed by atoms with Crippen LogP contribution in [0.15, 0.2) is 24.4 Å². The quantitative estimate of drug-likeness (QED) is 0.718. The molecule has 6 nitrogen and oxygen atoms in total. The Morgan fingerprint density at radius 3 is 2.76 bits per heavy atom. The van der Waals surface area contributed by atoms with Crippen molar-refractivity contribution in [3.63, 3.8) is 0 Å². The molecule has 2 aromatic rings. The SMILES string of the molecule is CC(=O)Nc1cc2c(cn1)COc1c-2ccc(OCC(N)CC(C)C)c1C(F)F. The van der Waals surface area contributed by atoms with Crippen molar-refractivity contribution in [1.29, 1.82) is 0 Å². The van der Waals surface area contributed by atoms with Gasteiger partial charge < -0.3 is 20.5 Å². The number of anilines is 1. The van der Waals surface area contributed by atoms with E-state index in [-0.39, 0.29) is 42.2 Å². The summed E-state index contributed by atoms with van der Waals surface area (Å²) in [4.78, 5) is 15.5. The van der Waals surface area contributed by atoms with Gasteiger partial charge in [-0.25, -0.2) is 13.8 Å². The molecule has 1 aromatic heterocycles. The summed E-state index contributed by atoms with van der Waals surface area (Å²) in [6.07, 6.45) is -0.474. The van der Waals surface area contributed by atoms with Crippen molar-refractivity contribution in [2.24, 2.45) is 11.7 Å². The molecule has 1 amide bonds. The maximum Gasteiger partial charge on any atom is 0.271 e. The number of rotatable bonds is 7. The van der Waals surface area contributed by atoms with E-state index in [1.807, 2.05) is 13.8 Å². The van der Waals surface area contributed by atoms with Crippen LogP contribution in [0.25, 0.3) is 11.1 Å². The molecule has 1 atom stereocenters. The minimum Gasteiger partial charge on any atom is -0.491 e. The van der Waals surface area contributed by atoms with Crippen LogP contribution in [0.4, 0.5) is 14.6 Å². The summed E-state index contributed by atoms with van der Waals surface area (Å²) in [6, 6.07) is 4.61. The number of carbonyl (C=O) groups excluding carboxylic acids is 1. The molecule has 8 heteroatoms. The maximum absolute atomic E-state index is 13.9. The van der Waals surface area contributed by atoms with E-state index in [2.05, 4.69) is 10.3 Å². The first-order chi connectivity index (χ1) is 13.8. The van der Waals surface area contributed by atoms with E-state index in [1.54, 1.807) is 18.3 Å². The van der Waals surface area contributed by atoms with Gasteiger partial charge >= 0.3 is 0 Å². The Morgan fingerprint density at radius 2 is 2.10 bits per heavy atom. The lowest BCUT2D eigenvalue weighted by atomic mass is 9.95. The summed E-state index contributed by atoms with van der Waals surface area (Å²) >= 11 is 0. The van der Waals surface area contributed by atoms with Crippen molar-refractivity contribution in [3.8, 4) is 22.6 Å². The third-order valence-corrected chi connectivity index (χ3v) is 4.55. The molecule has 0 fully saturated rings. The zero-order valence-corrected chi connectivity index (χ0v) is 16.7. The lowest BCUT2D eigenvalue weighted by Crippen LogP contribution is -2.29. The molecule has 1 unspecified atom stereocenters. The number of fused-ring (bicyclic) bond motifs is 3. The van der Waals surface area contributed by atoms with Gasteiger partial charge in [0, 0.05) is 30.3 Å². The normalized spacial score (nSPS) is 13.5. The number of aromatic nitrogens is 1. The van der Waals surface area contributed by atoms with E-state index < -0.39 is 6.43 Å². The van der Waals surface area contributed by atoms with Crippen molar-refractivity contribution in [1.82, 2.24) is 4.98 Å². The molecule has 29 heavy (non-hydrogen) atoms. The van der Waals surface area contributed by atoms with E-state index in [0.717, 1.165) is 12.0 Å². The lowest BCUT2D eigenvalue weighted by Gasteiger charge is -2.25. The fourth-order valence-electron chi connectivity index (χ4n) is 3.40. The highest BCUT2D eigenvalue weighted by Crippen LogP contribution is 2.47. The molecule has 1 aromatic carbocycles. The highest BCUT2D eigenvalue weighted by atomic mass is 19.3. The fourth-order valence-corrected chi connectivity index (χ4v) is 3.40. The van der Waals surface area contributed by atoms with Crippen molar-refractivity contribution in [2.75, 3.05) is 11.9 Å². The number of alkyl halides is 2. The van der Waals surface area contributed by atoms with Crippen LogP contribution in [-0.4, -0.2) is 23.5 Å². The van der Waals surface area contributed by atoms with Gasteiger partial charge in [0.2, 0.25) is 5.91 Å². The summed E-state index contributed by atoms with van der Waals surface area (Å²) in [5.41, 5.74) is 7.68. The highest BCUT2D eigenvalue weighted by molar-refractivity contribution is 5.89. The Bertz CT molecular complexity index is 903. The van der Waals surface area contributed by atoms with Crippen LogP contribution in [0, 0.1) is 5.92 Å². The maximum atomic E-state index is 13.9. The number of ether oxygens (including phenoxy) is 2. The van der Waals surface area contributed by atoms with Crippen molar-refractivity contribution >= 4 is 11.7 Å². The Balaban J connectivity index is 1.95. The molecule has 156 valence electrons. The first-order valence-corrected chi connectivity index (χ1v) is 9.49. The van der Waals surface area contributed by atoms with Crippen LogP contribution in [0.2, 0.25) is 0 Å². The van der Waals surface area contributed by atoms with Gasteiger partial charge in [-0.15, -0.1) is 0 Å². The Labute approximate surface area is 168 Å². The first-order valence-electron chi connectivity index (χ1n) is 9.49. The summed E-state index contributed by atoms with van der Waals surface area (Å²) in [5, 5.41) is 2.61. The topological polar surface area (TPSA) is 86.5 Å². The Kier molecular flexibility index (Phi) is 6.32. The number of amides is 1. The number of halogens is 2. The third kappa shape index (κ3) is 4.82. The second-order valence-corrected chi connectivity index (χ2v) is 7.55. The van der Waals surface area contributed by atoms with Crippen LogP contribution in [-0.2, 0) is 11.4 Å². The molecule has 1 aliphatic heterocycles. The van der Waals surface area contributed by atoms with Gasteiger partial charge in [0.05, 0.1) is 0 Å². The number of hydrogen-bond donors (Lipinski definition) is 2. The summed E-state index contributed by atoms with van der Waals surface area (Å²) in [5.74, 6) is 0.625. The molecule has 0 bridgehead atoms. The van der Waals surface area contributed by atoms with Crippen molar-refractivity contribution in [2.45, 2.75) is 46.3 Å². The number of nitrogens with zero attached hydrogens (tertiary/aromatic N) is 1. The number of nitrogens with one attached hydrogen (secondary N) is 1. The van der Waals surface area contributed by atoms with E-state index in [0.29, 0.717) is 22.9 Å². The minimum absolute atomic E-state index is 0.0672. The summed E-state index contributed by atoms with van der Waals surface area (Å²) in [6.45, 7) is 5.70. The van der Waals surface area contributed by atoms with E-state index in [9.17, 15) is 13.6 Å². The molecular weight excluding hydrogens is 380 g/mol. The average Bonchev–Trinajstić information content (AvgIpc) is 2.64.